The van der Waals surface area contributed by atoms with Crippen LogP contribution in [-0.4, -0.2) is 59.4 Å². The zero-order valence-corrected chi connectivity index (χ0v) is 17.1. The van der Waals surface area contributed by atoms with Crippen LogP contribution in [0.3, 0.4) is 0 Å². The van der Waals surface area contributed by atoms with Gasteiger partial charge in [0.1, 0.15) is 0 Å². The summed E-state index contributed by atoms with van der Waals surface area (Å²) in [6, 6.07) is 6.17. The van der Waals surface area contributed by atoms with Gasteiger partial charge in [-0.25, -0.2) is 0 Å². The van der Waals surface area contributed by atoms with Crippen LogP contribution in [0.4, 0.5) is 0 Å². The van der Waals surface area contributed by atoms with E-state index in [2.05, 4.69) is 17.0 Å². The van der Waals surface area contributed by atoms with Crippen molar-refractivity contribution in [3.8, 4) is 11.5 Å². The molecule has 3 aliphatic heterocycles. The minimum atomic E-state index is -0.621. The molecule has 0 spiro atoms. The number of amides is 1. The molecule has 5 rings (SSSR count). The highest BCUT2D eigenvalue weighted by Crippen LogP contribution is 2.50. The van der Waals surface area contributed by atoms with Gasteiger partial charge in [-0.1, -0.05) is 18.9 Å². The molecule has 0 aromatic heterocycles. The van der Waals surface area contributed by atoms with E-state index < -0.39 is 5.60 Å². The average molecular weight is 401 g/mol. The number of aliphatic hydroxyl groups is 1. The van der Waals surface area contributed by atoms with Crippen molar-refractivity contribution >= 4 is 5.91 Å². The molecule has 4 aliphatic rings. The van der Waals surface area contributed by atoms with Crippen LogP contribution in [-0.2, 0) is 4.79 Å². The first-order valence-electron chi connectivity index (χ1n) is 11.3. The third-order valence-electron chi connectivity index (χ3n) is 7.46. The van der Waals surface area contributed by atoms with Gasteiger partial charge < -0.3 is 19.5 Å². The van der Waals surface area contributed by atoms with Crippen LogP contribution in [0.1, 0.15) is 63.0 Å². The van der Waals surface area contributed by atoms with Gasteiger partial charge in [-0.15, -0.1) is 0 Å². The van der Waals surface area contributed by atoms with Crippen molar-refractivity contribution in [1.82, 2.24) is 9.80 Å². The molecule has 0 radical (unpaired) electrons. The predicted octanol–water partition coefficient (Wildman–Crippen LogP) is 3.10. The summed E-state index contributed by atoms with van der Waals surface area (Å²) in [4.78, 5) is 17.4. The van der Waals surface area contributed by atoms with Crippen LogP contribution in [0.5, 0.6) is 11.5 Å². The van der Waals surface area contributed by atoms with Crippen LogP contribution in [0.15, 0.2) is 18.2 Å². The van der Waals surface area contributed by atoms with Crippen LogP contribution in [0.2, 0.25) is 0 Å². The van der Waals surface area contributed by atoms with E-state index in [0.717, 1.165) is 81.6 Å². The zero-order valence-electron chi connectivity index (χ0n) is 17.1. The fourth-order valence-electron chi connectivity index (χ4n) is 5.88. The van der Waals surface area contributed by atoms with Crippen LogP contribution in [0, 0.1) is 5.92 Å². The first kappa shape index (κ1) is 19.2. The Morgan fingerprint density at radius 1 is 1.03 bits per heavy atom. The number of hydrogen-bond donors (Lipinski definition) is 1. The summed E-state index contributed by atoms with van der Waals surface area (Å²) >= 11 is 0. The lowest BCUT2D eigenvalue weighted by molar-refractivity contribution is -0.145. The van der Waals surface area contributed by atoms with Gasteiger partial charge in [0, 0.05) is 31.6 Å². The van der Waals surface area contributed by atoms with E-state index in [1.165, 1.54) is 6.42 Å². The fourth-order valence-corrected chi connectivity index (χ4v) is 5.88. The third-order valence-corrected chi connectivity index (χ3v) is 7.46. The zero-order chi connectivity index (χ0) is 19.8. The largest absolute Gasteiger partial charge is 0.454 e. The van der Waals surface area contributed by atoms with Crippen molar-refractivity contribution < 1.29 is 19.4 Å². The van der Waals surface area contributed by atoms with Gasteiger partial charge in [0.15, 0.2) is 11.5 Å². The maximum absolute atomic E-state index is 13.0. The molecular weight excluding hydrogens is 368 g/mol. The summed E-state index contributed by atoms with van der Waals surface area (Å²) in [5.74, 6) is 1.94. The van der Waals surface area contributed by atoms with Gasteiger partial charge in [0.2, 0.25) is 12.7 Å². The number of ether oxygens (including phenoxy) is 2. The van der Waals surface area contributed by atoms with E-state index in [1.807, 2.05) is 11.0 Å². The molecule has 1 saturated carbocycles. The summed E-state index contributed by atoms with van der Waals surface area (Å²) in [6.45, 7) is 3.22. The van der Waals surface area contributed by atoms with Crippen molar-refractivity contribution in [3.05, 3.63) is 23.8 Å². The second-order valence-electron chi connectivity index (χ2n) is 9.18. The van der Waals surface area contributed by atoms with Crippen molar-refractivity contribution in [2.45, 2.75) is 63.0 Å². The van der Waals surface area contributed by atoms with Gasteiger partial charge in [-0.3, -0.25) is 9.69 Å². The van der Waals surface area contributed by atoms with E-state index in [1.54, 1.807) is 0 Å². The number of rotatable bonds is 3. The first-order valence-corrected chi connectivity index (χ1v) is 11.3. The highest BCUT2D eigenvalue weighted by molar-refractivity contribution is 5.78. The van der Waals surface area contributed by atoms with Crippen LogP contribution < -0.4 is 9.47 Å². The molecule has 1 N–H and O–H groups in total. The number of likely N-dealkylation sites (tertiary alicyclic amines) is 2. The third kappa shape index (κ3) is 3.61. The smallest absolute Gasteiger partial charge is 0.236 e. The van der Waals surface area contributed by atoms with Crippen LogP contribution >= 0.6 is 0 Å². The summed E-state index contributed by atoms with van der Waals surface area (Å²) < 4.78 is 11.1. The monoisotopic (exact) mass is 400 g/mol. The number of carbonyl (C=O) groups is 1. The quantitative estimate of drug-likeness (QED) is 0.845. The maximum Gasteiger partial charge on any atom is 0.236 e. The molecule has 6 heteroatoms. The lowest BCUT2D eigenvalue weighted by atomic mass is 9.66. The number of benzene rings is 1. The number of nitrogens with zero attached hydrogens (tertiary/aromatic N) is 2. The average Bonchev–Trinajstić information content (AvgIpc) is 3.22. The minimum absolute atomic E-state index is 0.0392. The molecule has 1 aromatic rings. The Bertz CT molecular complexity index is 763. The molecule has 3 fully saturated rings. The Morgan fingerprint density at radius 2 is 1.86 bits per heavy atom. The predicted molar refractivity (Wildman–Crippen MR) is 109 cm³/mol. The fraction of sp³-hybridized carbons (Fsp3) is 0.696. The summed E-state index contributed by atoms with van der Waals surface area (Å²) in [5, 5.41) is 11.4. The summed E-state index contributed by atoms with van der Waals surface area (Å²) in [6.07, 6.45) is 8.31. The van der Waals surface area contributed by atoms with Crippen molar-refractivity contribution in [2.75, 3.05) is 33.0 Å². The van der Waals surface area contributed by atoms with Crippen molar-refractivity contribution in [2.24, 2.45) is 5.92 Å². The van der Waals surface area contributed by atoms with Gasteiger partial charge in [0.05, 0.1) is 12.1 Å². The van der Waals surface area contributed by atoms with E-state index in [4.69, 9.17) is 9.47 Å². The molecule has 3 heterocycles. The normalized spacial score (nSPS) is 32.1. The Balaban J connectivity index is 1.43. The highest BCUT2D eigenvalue weighted by Gasteiger charge is 2.49. The summed E-state index contributed by atoms with van der Waals surface area (Å²) in [5.41, 5.74) is 0.509. The van der Waals surface area contributed by atoms with Crippen molar-refractivity contribution in [1.29, 1.82) is 0 Å². The van der Waals surface area contributed by atoms with Gasteiger partial charge in [-0.2, -0.15) is 0 Å². The second kappa shape index (κ2) is 7.80. The highest BCUT2D eigenvalue weighted by atomic mass is 16.7. The second-order valence-corrected chi connectivity index (χ2v) is 9.18. The molecule has 1 aromatic carbocycles. The Morgan fingerprint density at radius 3 is 2.72 bits per heavy atom. The minimum Gasteiger partial charge on any atom is -0.454 e. The molecular formula is C23H32N2O4. The number of carbonyl (C=O) groups excluding carboxylic acids is 1. The van der Waals surface area contributed by atoms with E-state index in [9.17, 15) is 9.90 Å². The summed E-state index contributed by atoms with van der Waals surface area (Å²) in [7, 11) is 0. The molecule has 0 unspecified atom stereocenters. The topological polar surface area (TPSA) is 62.2 Å². The van der Waals surface area contributed by atoms with E-state index in [0.29, 0.717) is 6.54 Å². The molecule has 2 saturated heterocycles. The molecule has 1 aliphatic carbocycles. The molecule has 158 valence electrons. The first-order chi connectivity index (χ1) is 14.1. The molecule has 3 atom stereocenters. The lowest BCUT2D eigenvalue weighted by Gasteiger charge is -2.52. The van der Waals surface area contributed by atoms with Gasteiger partial charge >= 0.3 is 0 Å². The number of piperidine rings is 2. The van der Waals surface area contributed by atoms with E-state index in [-0.39, 0.29) is 24.7 Å². The van der Waals surface area contributed by atoms with Crippen LogP contribution in [0.25, 0.3) is 0 Å². The Hall–Kier alpha value is -1.79. The standard InChI is InChI=1S/C23H32N2O4/c26-21(24-11-4-1-5-12-24)15-25-13-10-23(27)9-3-2-6-18(23)22(25)17-7-8-19-20(14-17)29-16-28-19/h7-8,14,18,22,27H,1-6,9-13,15-16H2/t18-,22-,23-/m1/s1. The Labute approximate surface area is 172 Å². The molecule has 0 bridgehead atoms. The van der Waals surface area contributed by atoms with Crippen molar-refractivity contribution in [3.63, 3.8) is 0 Å². The molecule has 6 nitrogen and oxygen atoms in total. The maximum atomic E-state index is 13.0. The SMILES string of the molecule is O=C(CN1CC[C@]2(O)CCCC[C@@H]2[C@H]1c1ccc2c(c1)OCO2)N1CCCCC1. The lowest BCUT2D eigenvalue weighted by Crippen LogP contribution is -2.56. The number of hydrogen-bond acceptors (Lipinski definition) is 5. The van der Waals surface area contributed by atoms with E-state index >= 15 is 0 Å². The van der Waals surface area contributed by atoms with Gasteiger partial charge in [-0.05, 0) is 56.2 Å². The van der Waals surface area contributed by atoms with Gasteiger partial charge in [0.25, 0.3) is 0 Å². The number of fused-ring (bicyclic) bond motifs is 2. The Kier molecular flexibility index (Phi) is 5.16. The molecule has 29 heavy (non-hydrogen) atoms. The molecule has 1 amide bonds.